The zero-order chi connectivity index (χ0) is 15.9. The molecule has 2 aromatic rings. The molecule has 3 atom stereocenters. The van der Waals surface area contributed by atoms with Crippen LogP contribution in [-0.4, -0.2) is 36.0 Å². The van der Waals surface area contributed by atoms with Crippen molar-refractivity contribution in [3.63, 3.8) is 0 Å². The van der Waals surface area contributed by atoms with Crippen molar-refractivity contribution in [2.24, 2.45) is 5.92 Å². The predicted molar refractivity (Wildman–Crippen MR) is 86.5 cm³/mol. The average Bonchev–Trinajstić information content (AvgIpc) is 3.08. The van der Waals surface area contributed by atoms with Crippen LogP contribution in [0.4, 0.5) is 0 Å². The molecule has 118 valence electrons. The number of hydrogen-bond donors (Lipinski definition) is 2. The molecule has 1 fully saturated rings. The summed E-state index contributed by atoms with van der Waals surface area (Å²) in [5, 5.41) is 0.956. The van der Waals surface area contributed by atoms with Gasteiger partial charge >= 0.3 is 0 Å². The monoisotopic (exact) mass is 301 g/mol. The molecule has 22 heavy (non-hydrogen) atoms. The third-order valence-corrected chi connectivity index (χ3v) is 4.82. The van der Waals surface area contributed by atoms with Crippen LogP contribution in [0, 0.1) is 5.92 Å². The Labute approximate surface area is 130 Å². The van der Waals surface area contributed by atoms with Gasteiger partial charge < -0.3 is 9.32 Å². The van der Waals surface area contributed by atoms with Gasteiger partial charge in [-0.3, -0.25) is 15.6 Å². The molecule has 2 N–H and O–H groups in total. The Bertz CT molecular complexity index is 638. The van der Waals surface area contributed by atoms with Gasteiger partial charge in [-0.2, -0.15) is 0 Å². The molecule has 1 aromatic carbocycles. The normalized spacial score (nSPS) is 26.3. The van der Waals surface area contributed by atoms with Gasteiger partial charge in [-0.25, -0.2) is 0 Å². The molecule has 1 aromatic heterocycles. The maximum Gasteiger partial charge on any atom is 0.289 e. The highest BCUT2D eigenvalue weighted by Crippen LogP contribution is 2.25. The van der Waals surface area contributed by atoms with E-state index in [0.717, 1.165) is 11.0 Å². The van der Waals surface area contributed by atoms with Gasteiger partial charge in [-0.1, -0.05) is 18.2 Å². The number of nitrogens with one attached hydrogen (secondary N) is 2. The lowest BCUT2D eigenvalue weighted by Gasteiger charge is -2.32. The summed E-state index contributed by atoms with van der Waals surface area (Å²) in [6, 6.07) is 10.2. The van der Waals surface area contributed by atoms with Crippen molar-refractivity contribution in [3.8, 4) is 0 Å². The standard InChI is InChI=1S/C17H23N3O2/c1-10-16(11(2)19-18-10)12(3)20(4)17(21)15-9-13-7-5-6-8-14(13)22-15/h5-12,16,18-19H,1-4H3. The number of amides is 1. The number of para-hydroxylation sites is 1. The number of nitrogens with zero attached hydrogens (tertiary/aromatic N) is 1. The van der Waals surface area contributed by atoms with Crippen LogP contribution in [-0.2, 0) is 0 Å². The number of hydrazine groups is 1. The van der Waals surface area contributed by atoms with E-state index in [1.165, 1.54) is 0 Å². The second-order valence-corrected chi connectivity index (χ2v) is 6.25. The maximum atomic E-state index is 12.7. The Morgan fingerprint density at radius 1 is 1.23 bits per heavy atom. The molecule has 1 aliphatic heterocycles. The summed E-state index contributed by atoms with van der Waals surface area (Å²) in [5.41, 5.74) is 7.24. The third kappa shape index (κ3) is 2.51. The molecule has 3 rings (SSSR count). The van der Waals surface area contributed by atoms with E-state index in [0.29, 0.717) is 23.8 Å². The van der Waals surface area contributed by atoms with Crippen LogP contribution in [0.3, 0.4) is 0 Å². The lowest BCUT2D eigenvalue weighted by atomic mass is 9.89. The van der Waals surface area contributed by atoms with E-state index in [9.17, 15) is 4.79 Å². The summed E-state index contributed by atoms with van der Waals surface area (Å²) in [6.07, 6.45) is 0. The van der Waals surface area contributed by atoms with Crippen molar-refractivity contribution >= 4 is 16.9 Å². The van der Waals surface area contributed by atoms with Gasteiger partial charge in [0.15, 0.2) is 5.76 Å². The molecule has 0 aliphatic carbocycles. The van der Waals surface area contributed by atoms with E-state index in [2.05, 4.69) is 31.6 Å². The smallest absolute Gasteiger partial charge is 0.289 e. The number of rotatable bonds is 3. The Morgan fingerprint density at radius 2 is 1.86 bits per heavy atom. The van der Waals surface area contributed by atoms with Crippen LogP contribution in [0.15, 0.2) is 34.7 Å². The fourth-order valence-corrected chi connectivity index (χ4v) is 3.43. The molecule has 0 radical (unpaired) electrons. The summed E-state index contributed by atoms with van der Waals surface area (Å²) in [5.74, 6) is 0.670. The van der Waals surface area contributed by atoms with Crippen LogP contribution in [0.25, 0.3) is 11.0 Å². The maximum absolute atomic E-state index is 12.7. The number of furan rings is 1. The summed E-state index contributed by atoms with van der Waals surface area (Å²) in [7, 11) is 1.85. The SMILES string of the molecule is CC1NNC(C)C1C(C)N(C)C(=O)c1cc2ccccc2o1. The second-order valence-electron chi connectivity index (χ2n) is 6.25. The van der Waals surface area contributed by atoms with Gasteiger partial charge in [-0.05, 0) is 32.9 Å². The average molecular weight is 301 g/mol. The first-order chi connectivity index (χ1) is 10.5. The molecule has 3 unspecified atom stereocenters. The number of fused-ring (bicyclic) bond motifs is 1. The zero-order valence-electron chi connectivity index (χ0n) is 13.5. The zero-order valence-corrected chi connectivity index (χ0v) is 13.5. The third-order valence-electron chi connectivity index (χ3n) is 4.82. The molecule has 2 heterocycles. The quantitative estimate of drug-likeness (QED) is 0.914. The van der Waals surface area contributed by atoms with Crippen LogP contribution in [0.1, 0.15) is 31.3 Å². The summed E-state index contributed by atoms with van der Waals surface area (Å²) in [4.78, 5) is 14.5. The molecule has 0 bridgehead atoms. The van der Waals surface area contributed by atoms with E-state index in [-0.39, 0.29) is 11.9 Å². The molecule has 1 amide bonds. The first-order valence-corrected chi connectivity index (χ1v) is 7.76. The Balaban J connectivity index is 1.81. The van der Waals surface area contributed by atoms with Crippen molar-refractivity contribution in [1.29, 1.82) is 0 Å². The number of carbonyl (C=O) groups excluding carboxylic acids is 1. The lowest BCUT2D eigenvalue weighted by molar-refractivity contribution is 0.0649. The van der Waals surface area contributed by atoms with Gasteiger partial charge in [0.05, 0.1) is 0 Å². The van der Waals surface area contributed by atoms with Gasteiger partial charge in [-0.15, -0.1) is 0 Å². The fourth-order valence-electron chi connectivity index (χ4n) is 3.43. The first-order valence-electron chi connectivity index (χ1n) is 7.76. The van der Waals surface area contributed by atoms with Crippen molar-refractivity contribution in [1.82, 2.24) is 15.8 Å². The largest absolute Gasteiger partial charge is 0.451 e. The van der Waals surface area contributed by atoms with Gasteiger partial charge in [0.1, 0.15) is 5.58 Å². The summed E-state index contributed by atoms with van der Waals surface area (Å²) in [6.45, 7) is 6.36. The van der Waals surface area contributed by atoms with Crippen molar-refractivity contribution < 1.29 is 9.21 Å². The molecular weight excluding hydrogens is 278 g/mol. The minimum absolute atomic E-state index is 0.0741. The molecule has 5 heteroatoms. The van der Waals surface area contributed by atoms with Crippen LogP contribution >= 0.6 is 0 Å². The van der Waals surface area contributed by atoms with Crippen LogP contribution < -0.4 is 10.9 Å². The summed E-state index contributed by atoms with van der Waals surface area (Å²) >= 11 is 0. The number of hydrogen-bond acceptors (Lipinski definition) is 4. The number of carbonyl (C=O) groups is 1. The summed E-state index contributed by atoms with van der Waals surface area (Å²) < 4.78 is 5.69. The van der Waals surface area contributed by atoms with Gasteiger partial charge in [0, 0.05) is 36.5 Å². The molecule has 1 saturated heterocycles. The Hall–Kier alpha value is -1.85. The van der Waals surface area contributed by atoms with Crippen molar-refractivity contribution in [2.75, 3.05) is 7.05 Å². The lowest BCUT2D eigenvalue weighted by Crippen LogP contribution is -2.45. The van der Waals surface area contributed by atoms with Crippen LogP contribution in [0.2, 0.25) is 0 Å². The Kier molecular flexibility index (Phi) is 3.93. The van der Waals surface area contributed by atoms with Gasteiger partial charge in [0.25, 0.3) is 5.91 Å². The van der Waals surface area contributed by atoms with Crippen molar-refractivity contribution in [2.45, 2.75) is 38.9 Å². The first kappa shape index (κ1) is 15.1. The van der Waals surface area contributed by atoms with E-state index in [1.54, 1.807) is 4.90 Å². The second kappa shape index (κ2) is 5.74. The molecule has 5 nitrogen and oxygen atoms in total. The fraction of sp³-hybridized carbons (Fsp3) is 0.471. The van der Waals surface area contributed by atoms with Crippen LogP contribution in [0.5, 0.6) is 0 Å². The highest BCUT2D eigenvalue weighted by Gasteiger charge is 2.37. The minimum atomic E-state index is -0.0741. The van der Waals surface area contributed by atoms with E-state index in [1.807, 2.05) is 37.4 Å². The highest BCUT2D eigenvalue weighted by atomic mass is 16.3. The van der Waals surface area contributed by atoms with E-state index < -0.39 is 0 Å². The molecule has 0 saturated carbocycles. The molecule has 0 spiro atoms. The van der Waals surface area contributed by atoms with E-state index >= 15 is 0 Å². The predicted octanol–water partition coefficient (Wildman–Crippen LogP) is 2.39. The van der Waals surface area contributed by atoms with Gasteiger partial charge in [0.2, 0.25) is 0 Å². The minimum Gasteiger partial charge on any atom is -0.451 e. The van der Waals surface area contributed by atoms with E-state index in [4.69, 9.17) is 4.42 Å². The Morgan fingerprint density at radius 3 is 2.50 bits per heavy atom. The highest BCUT2D eigenvalue weighted by molar-refractivity contribution is 5.96. The number of benzene rings is 1. The van der Waals surface area contributed by atoms with Crippen molar-refractivity contribution in [3.05, 3.63) is 36.1 Å². The topological polar surface area (TPSA) is 57.5 Å². The molecule has 1 aliphatic rings. The molecular formula is C17H23N3O2.